The fourth-order valence-electron chi connectivity index (χ4n) is 4.90. The Morgan fingerprint density at radius 3 is 1.84 bits per heavy atom. The van der Waals surface area contributed by atoms with Crippen molar-refractivity contribution < 1.29 is 0 Å². The summed E-state index contributed by atoms with van der Waals surface area (Å²) in [6, 6.07) is 32.8. The van der Waals surface area contributed by atoms with Crippen LogP contribution < -0.4 is 10.6 Å². The van der Waals surface area contributed by atoms with Crippen molar-refractivity contribution in [2.24, 2.45) is 0 Å². The Hall–Kier alpha value is -3.21. The lowest BCUT2D eigenvalue weighted by molar-refractivity contribution is 0.399. The number of imidazole rings is 1. The highest BCUT2D eigenvalue weighted by molar-refractivity contribution is 5.50. The molecule has 4 nitrogen and oxygen atoms in total. The summed E-state index contributed by atoms with van der Waals surface area (Å²) < 4.78 is 2.30. The average Bonchev–Trinajstić information content (AvgIpc) is 3.35. The van der Waals surface area contributed by atoms with Crippen LogP contribution in [-0.4, -0.2) is 35.2 Å². The van der Waals surface area contributed by atoms with Gasteiger partial charge >= 0.3 is 0 Å². The molecular formula is C28H30N4. The molecular weight excluding hydrogens is 392 g/mol. The zero-order valence-electron chi connectivity index (χ0n) is 18.3. The number of aromatic nitrogens is 2. The first-order chi connectivity index (χ1) is 15.9. The predicted molar refractivity (Wildman–Crippen MR) is 130 cm³/mol. The average molecular weight is 423 g/mol. The van der Waals surface area contributed by atoms with Crippen LogP contribution in [0.3, 0.4) is 0 Å². The molecule has 1 atom stereocenters. The van der Waals surface area contributed by atoms with Crippen LogP contribution in [0.1, 0.15) is 28.8 Å². The molecule has 0 bridgehead atoms. The van der Waals surface area contributed by atoms with Crippen LogP contribution in [0.5, 0.6) is 0 Å². The van der Waals surface area contributed by atoms with Gasteiger partial charge in [-0.1, -0.05) is 91.0 Å². The van der Waals surface area contributed by atoms with E-state index < -0.39 is 5.54 Å². The Balaban J connectivity index is 1.60. The Bertz CT molecular complexity index is 1000. The Kier molecular flexibility index (Phi) is 6.15. The van der Waals surface area contributed by atoms with Gasteiger partial charge in [0.2, 0.25) is 0 Å². The summed E-state index contributed by atoms with van der Waals surface area (Å²) in [6.07, 6.45) is 6.29. The Morgan fingerprint density at radius 2 is 1.34 bits per heavy atom. The van der Waals surface area contributed by atoms with Gasteiger partial charge in [0.15, 0.2) is 0 Å². The van der Waals surface area contributed by atoms with Crippen molar-refractivity contribution in [2.75, 3.05) is 19.6 Å². The number of hydrogen-bond donors (Lipinski definition) is 2. The van der Waals surface area contributed by atoms with Gasteiger partial charge in [0.25, 0.3) is 0 Å². The SMILES string of the molecule is c1ccc(C(c2ccccc2)(c2ccccc2)n2cnc(CCC3CNCCN3)c2)cc1. The summed E-state index contributed by atoms with van der Waals surface area (Å²) in [6.45, 7) is 3.12. The molecule has 2 heterocycles. The molecule has 0 spiro atoms. The second-order valence-corrected chi connectivity index (χ2v) is 8.47. The minimum Gasteiger partial charge on any atom is -0.319 e. The van der Waals surface area contributed by atoms with E-state index >= 15 is 0 Å². The molecule has 1 saturated heterocycles. The molecule has 5 rings (SSSR count). The number of nitrogens with one attached hydrogen (secondary N) is 2. The molecule has 4 aromatic rings. The molecule has 0 radical (unpaired) electrons. The lowest BCUT2D eigenvalue weighted by atomic mass is 9.77. The number of nitrogens with zero attached hydrogens (tertiary/aromatic N) is 2. The molecule has 1 aromatic heterocycles. The van der Waals surface area contributed by atoms with E-state index in [1.54, 1.807) is 0 Å². The quantitative estimate of drug-likeness (QED) is 0.438. The normalized spacial score (nSPS) is 16.7. The standard InChI is InChI=1S/C28H30N4/c1-4-10-23(11-5-1)28(24-12-6-2-7-13-24,25-14-8-3-9-15-25)32-21-27(31-22-32)17-16-26-20-29-18-19-30-26/h1-15,21-22,26,29-30H,16-20H2. The number of benzene rings is 3. The van der Waals surface area contributed by atoms with Crippen molar-refractivity contribution >= 4 is 0 Å². The van der Waals surface area contributed by atoms with E-state index in [1.807, 2.05) is 6.33 Å². The van der Waals surface area contributed by atoms with E-state index in [2.05, 4.69) is 112 Å². The van der Waals surface area contributed by atoms with Crippen molar-refractivity contribution in [2.45, 2.75) is 24.4 Å². The van der Waals surface area contributed by atoms with Crippen molar-refractivity contribution in [1.29, 1.82) is 0 Å². The lowest BCUT2D eigenvalue weighted by Crippen LogP contribution is -2.48. The topological polar surface area (TPSA) is 41.9 Å². The summed E-state index contributed by atoms with van der Waals surface area (Å²) in [7, 11) is 0. The minimum atomic E-state index is -0.486. The van der Waals surface area contributed by atoms with Crippen molar-refractivity contribution in [3.63, 3.8) is 0 Å². The summed E-state index contributed by atoms with van der Waals surface area (Å²) in [4.78, 5) is 4.86. The van der Waals surface area contributed by atoms with Crippen LogP contribution in [0.15, 0.2) is 104 Å². The smallest absolute Gasteiger partial charge is 0.121 e. The minimum absolute atomic E-state index is 0.486. The molecule has 0 amide bonds. The second-order valence-electron chi connectivity index (χ2n) is 8.47. The highest BCUT2D eigenvalue weighted by atomic mass is 15.1. The van der Waals surface area contributed by atoms with E-state index in [1.165, 1.54) is 16.7 Å². The molecule has 1 fully saturated rings. The van der Waals surface area contributed by atoms with Gasteiger partial charge in [0, 0.05) is 31.9 Å². The Morgan fingerprint density at radius 1 is 0.781 bits per heavy atom. The summed E-state index contributed by atoms with van der Waals surface area (Å²) in [5.41, 5.74) is 4.31. The maximum Gasteiger partial charge on any atom is 0.121 e. The van der Waals surface area contributed by atoms with Crippen LogP contribution in [-0.2, 0) is 12.0 Å². The third-order valence-corrected chi connectivity index (χ3v) is 6.47. The summed E-state index contributed by atoms with van der Waals surface area (Å²) in [5, 5.41) is 7.08. The van der Waals surface area contributed by atoms with Crippen LogP contribution in [0.25, 0.3) is 0 Å². The van der Waals surface area contributed by atoms with Crippen molar-refractivity contribution in [3.8, 4) is 0 Å². The largest absolute Gasteiger partial charge is 0.319 e. The molecule has 3 aromatic carbocycles. The maximum atomic E-state index is 4.86. The first-order valence-corrected chi connectivity index (χ1v) is 11.5. The third-order valence-electron chi connectivity index (χ3n) is 6.47. The molecule has 0 aliphatic carbocycles. The predicted octanol–water partition coefficient (Wildman–Crippen LogP) is 4.22. The second kappa shape index (κ2) is 9.51. The van der Waals surface area contributed by atoms with Crippen LogP contribution >= 0.6 is 0 Å². The molecule has 32 heavy (non-hydrogen) atoms. The monoisotopic (exact) mass is 422 g/mol. The molecule has 1 aliphatic heterocycles. The highest BCUT2D eigenvalue weighted by Gasteiger charge is 2.38. The van der Waals surface area contributed by atoms with Gasteiger partial charge in [-0.15, -0.1) is 0 Å². The van der Waals surface area contributed by atoms with Gasteiger partial charge in [-0.25, -0.2) is 4.98 Å². The first-order valence-electron chi connectivity index (χ1n) is 11.5. The third kappa shape index (κ3) is 3.99. The van der Waals surface area contributed by atoms with Gasteiger partial charge in [-0.2, -0.15) is 0 Å². The molecule has 162 valence electrons. The van der Waals surface area contributed by atoms with Gasteiger partial charge in [-0.05, 0) is 29.5 Å². The highest BCUT2D eigenvalue weighted by Crippen LogP contribution is 2.40. The van der Waals surface area contributed by atoms with Gasteiger partial charge in [0.05, 0.1) is 12.0 Å². The van der Waals surface area contributed by atoms with Crippen LogP contribution in [0.4, 0.5) is 0 Å². The zero-order valence-corrected chi connectivity index (χ0v) is 18.3. The maximum absolute atomic E-state index is 4.86. The van der Waals surface area contributed by atoms with Crippen LogP contribution in [0, 0.1) is 0 Å². The van der Waals surface area contributed by atoms with E-state index in [0.29, 0.717) is 6.04 Å². The van der Waals surface area contributed by atoms with Crippen molar-refractivity contribution in [1.82, 2.24) is 20.2 Å². The fourth-order valence-corrected chi connectivity index (χ4v) is 4.90. The van der Waals surface area contributed by atoms with Gasteiger partial charge in [-0.3, -0.25) is 0 Å². The molecule has 2 N–H and O–H groups in total. The van der Waals surface area contributed by atoms with E-state index in [0.717, 1.165) is 38.2 Å². The van der Waals surface area contributed by atoms with Crippen molar-refractivity contribution in [3.05, 3.63) is 126 Å². The van der Waals surface area contributed by atoms with Gasteiger partial charge < -0.3 is 15.2 Å². The number of aryl methyl sites for hydroxylation is 1. The first kappa shape index (κ1) is 20.7. The molecule has 1 aliphatic rings. The van der Waals surface area contributed by atoms with E-state index in [4.69, 9.17) is 4.98 Å². The molecule has 0 saturated carbocycles. The number of rotatable bonds is 7. The van der Waals surface area contributed by atoms with Gasteiger partial charge in [0.1, 0.15) is 5.54 Å². The lowest BCUT2D eigenvalue weighted by Gasteiger charge is -2.37. The fraction of sp³-hybridized carbons (Fsp3) is 0.250. The summed E-state index contributed by atoms with van der Waals surface area (Å²) >= 11 is 0. The van der Waals surface area contributed by atoms with Crippen LogP contribution in [0.2, 0.25) is 0 Å². The molecule has 1 unspecified atom stereocenters. The Labute approximate surface area is 190 Å². The number of piperazine rings is 1. The van der Waals surface area contributed by atoms with E-state index in [9.17, 15) is 0 Å². The number of hydrogen-bond acceptors (Lipinski definition) is 3. The van der Waals surface area contributed by atoms with E-state index in [-0.39, 0.29) is 0 Å². The zero-order chi connectivity index (χ0) is 21.6. The summed E-state index contributed by atoms with van der Waals surface area (Å²) in [5.74, 6) is 0. The molecule has 4 heteroatoms.